The fourth-order valence-corrected chi connectivity index (χ4v) is 4.20. The molecule has 128 valence electrons. The number of thiocarbonyl (C=S) groups is 1. The number of hydrogen-bond donors (Lipinski definition) is 0. The van der Waals surface area contributed by atoms with E-state index in [0.717, 1.165) is 12.2 Å². The van der Waals surface area contributed by atoms with Gasteiger partial charge in [-0.3, -0.25) is 9.69 Å². The molecular weight excluding hydrogens is 348 g/mol. The molecule has 0 bridgehead atoms. The number of carbonyl (C=O) groups is 1. The summed E-state index contributed by atoms with van der Waals surface area (Å²) in [6.07, 6.45) is 12.0. The zero-order chi connectivity index (χ0) is 17.8. The van der Waals surface area contributed by atoms with Crippen LogP contribution in [-0.4, -0.2) is 28.2 Å². The Kier molecular flexibility index (Phi) is 5.56. The van der Waals surface area contributed by atoms with Crippen molar-refractivity contribution in [1.29, 1.82) is 0 Å². The van der Waals surface area contributed by atoms with Crippen molar-refractivity contribution in [3.05, 3.63) is 70.8 Å². The third-order valence-electron chi connectivity index (χ3n) is 4.10. The van der Waals surface area contributed by atoms with E-state index in [0.29, 0.717) is 15.8 Å². The third-order valence-corrected chi connectivity index (χ3v) is 5.50. The van der Waals surface area contributed by atoms with E-state index in [4.69, 9.17) is 12.2 Å². The number of benzene rings is 1. The Labute approximate surface area is 158 Å². The van der Waals surface area contributed by atoms with Gasteiger partial charge in [-0.1, -0.05) is 60.4 Å². The molecule has 1 saturated heterocycles. The van der Waals surface area contributed by atoms with Crippen molar-refractivity contribution < 1.29 is 4.79 Å². The van der Waals surface area contributed by atoms with Gasteiger partial charge in [0.05, 0.1) is 4.91 Å². The Morgan fingerprint density at radius 3 is 2.48 bits per heavy atom. The second kappa shape index (κ2) is 7.85. The van der Waals surface area contributed by atoms with Crippen molar-refractivity contribution in [3.8, 4) is 0 Å². The van der Waals surface area contributed by atoms with E-state index in [-0.39, 0.29) is 5.91 Å². The molecule has 3 nitrogen and oxygen atoms in total. The molecule has 2 heterocycles. The molecule has 25 heavy (non-hydrogen) atoms. The Morgan fingerprint density at radius 2 is 1.76 bits per heavy atom. The number of anilines is 1. The molecule has 5 heteroatoms. The number of carbonyl (C=O) groups excluding carboxylic acids is 1. The minimum Gasteiger partial charge on any atom is -0.341 e. The molecule has 1 aromatic carbocycles. The molecule has 0 spiro atoms. The first-order valence-corrected chi connectivity index (χ1v) is 9.55. The monoisotopic (exact) mass is 368 g/mol. The van der Waals surface area contributed by atoms with Crippen LogP contribution in [0.2, 0.25) is 0 Å². The molecule has 2 aliphatic rings. The van der Waals surface area contributed by atoms with E-state index in [1.807, 2.05) is 25.2 Å². The van der Waals surface area contributed by atoms with E-state index in [2.05, 4.69) is 54.3 Å². The number of nitrogens with zero attached hydrogens (tertiary/aromatic N) is 2. The van der Waals surface area contributed by atoms with Gasteiger partial charge in [-0.2, -0.15) is 0 Å². The lowest BCUT2D eigenvalue weighted by Gasteiger charge is -2.29. The quantitative estimate of drug-likeness (QED) is 0.565. The largest absolute Gasteiger partial charge is 0.341 e. The summed E-state index contributed by atoms with van der Waals surface area (Å²) in [5.41, 5.74) is 3.58. The second-order valence-electron chi connectivity index (χ2n) is 5.56. The van der Waals surface area contributed by atoms with Gasteiger partial charge < -0.3 is 4.90 Å². The average Bonchev–Trinajstić information content (AvgIpc) is 2.91. The van der Waals surface area contributed by atoms with Crippen LogP contribution in [0.15, 0.2) is 65.2 Å². The van der Waals surface area contributed by atoms with Crippen LogP contribution < -0.4 is 4.90 Å². The molecule has 1 fully saturated rings. The maximum Gasteiger partial charge on any atom is 0.266 e. The zero-order valence-corrected chi connectivity index (χ0v) is 15.9. The highest BCUT2D eigenvalue weighted by atomic mass is 32.2. The van der Waals surface area contributed by atoms with Crippen LogP contribution in [0.4, 0.5) is 5.69 Å². The van der Waals surface area contributed by atoms with Crippen LogP contribution in [0.25, 0.3) is 6.08 Å². The van der Waals surface area contributed by atoms with Crippen molar-refractivity contribution >= 4 is 46.0 Å². The predicted octanol–water partition coefficient (Wildman–Crippen LogP) is 4.74. The highest BCUT2D eigenvalue weighted by molar-refractivity contribution is 8.26. The second-order valence-corrected chi connectivity index (χ2v) is 7.24. The smallest absolute Gasteiger partial charge is 0.266 e. The number of thioether (sulfide) groups is 1. The number of amides is 1. The summed E-state index contributed by atoms with van der Waals surface area (Å²) >= 11 is 6.58. The number of fused-ring (bicyclic) bond motifs is 1. The van der Waals surface area contributed by atoms with Gasteiger partial charge in [-0.15, -0.1) is 0 Å². The van der Waals surface area contributed by atoms with Gasteiger partial charge in [0.25, 0.3) is 5.91 Å². The summed E-state index contributed by atoms with van der Waals surface area (Å²) in [7, 11) is 0. The summed E-state index contributed by atoms with van der Waals surface area (Å²) in [6, 6.07) is 8.37. The number of likely N-dealkylation sites (N-methyl/N-ethyl adjacent to an activating group) is 2. The van der Waals surface area contributed by atoms with E-state index in [1.165, 1.54) is 23.0 Å². The Balaban J connectivity index is 1.76. The Morgan fingerprint density at radius 1 is 1.04 bits per heavy atom. The van der Waals surface area contributed by atoms with Crippen molar-refractivity contribution in [2.24, 2.45) is 0 Å². The number of allylic oxidation sites excluding steroid dienone is 5. The minimum absolute atomic E-state index is 0.00326. The van der Waals surface area contributed by atoms with Crippen LogP contribution in [0.1, 0.15) is 19.4 Å². The standard InChI is InChI=1S/C20H20N2OS2/c1-3-21-16(14-13-15-9-5-7-11-17(15)21)10-6-8-12-18-19(23)22(4-2)20(24)25-18/h5-14H,3-4H2,1-2H3/b8-6+,16-10+,18-12+. The highest BCUT2D eigenvalue weighted by Crippen LogP contribution is 2.31. The molecular formula is C20H20N2OS2. The summed E-state index contributed by atoms with van der Waals surface area (Å²) < 4.78 is 0.634. The molecule has 0 radical (unpaired) electrons. The van der Waals surface area contributed by atoms with Crippen molar-refractivity contribution in [1.82, 2.24) is 4.90 Å². The first-order valence-electron chi connectivity index (χ1n) is 8.32. The predicted molar refractivity (Wildman–Crippen MR) is 111 cm³/mol. The summed E-state index contributed by atoms with van der Waals surface area (Å²) in [4.78, 5) is 16.7. The molecule has 1 aromatic rings. The molecule has 2 aliphatic heterocycles. The third kappa shape index (κ3) is 3.62. The number of para-hydroxylation sites is 1. The lowest BCUT2D eigenvalue weighted by Crippen LogP contribution is -2.27. The molecule has 0 aliphatic carbocycles. The molecule has 3 rings (SSSR count). The van der Waals surface area contributed by atoms with E-state index < -0.39 is 0 Å². The summed E-state index contributed by atoms with van der Waals surface area (Å²) in [5, 5.41) is 0. The van der Waals surface area contributed by atoms with E-state index in [1.54, 1.807) is 4.90 Å². The van der Waals surface area contributed by atoms with Gasteiger partial charge in [0.15, 0.2) is 0 Å². The Bertz CT molecular complexity index is 821. The normalized spacial score (nSPS) is 20.4. The first kappa shape index (κ1) is 17.7. The van der Waals surface area contributed by atoms with Gasteiger partial charge in [-0.25, -0.2) is 0 Å². The molecule has 0 aromatic heterocycles. The van der Waals surface area contributed by atoms with E-state index >= 15 is 0 Å². The number of rotatable bonds is 4. The molecule has 1 amide bonds. The average molecular weight is 369 g/mol. The SMILES string of the molecule is CCN1C(=O)\C(=C/C=C/C=C2\C=Cc3ccccc3N2CC)SC1=S. The van der Waals surface area contributed by atoms with Gasteiger partial charge >= 0.3 is 0 Å². The maximum atomic E-state index is 12.2. The number of hydrogen-bond acceptors (Lipinski definition) is 4. The fraction of sp³-hybridized carbons (Fsp3) is 0.200. The van der Waals surface area contributed by atoms with Crippen LogP contribution in [-0.2, 0) is 4.79 Å². The topological polar surface area (TPSA) is 23.6 Å². The molecule has 0 atom stereocenters. The maximum absolute atomic E-state index is 12.2. The lowest BCUT2D eigenvalue weighted by molar-refractivity contribution is -0.122. The molecule has 0 saturated carbocycles. The summed E-state index contributed by atoms with van der Waals surface area (Å²) in [5.74, 6) is -0.00326. The lowest BCUT2D eigenvalue weighted by atomic mass is 10.1. The van der Waals surface area contributed by atoms with Crippen LogP contribution in [0.5, 0.6) is 0 Å². The van der Waals surface area contributed by atoms with Gasteiger partial charge in [0.2, 0.25) is 0 Å². The van der Waals surface area contributed by atoms with Crippen molar-refractivity contribution in [2.45, 2.75) is 13.8 Å². The zero-order valence-electron chi connectivity index (χ0n) is 14.3. The van der Waals surface area contributed by atoms with Gasteiger partial charge in [-0.05, 0) is 43.7 Å². The minimum atomic E-state index is -0.00326. The first-order chi connectivity index (χ1) is 12.2. The fourth-order valence-electron chi connectivity index (χ4n) is 2.86. The van der Waals surface area contributed by atoms with Gasteiger partial charge in [0.1, 0.15) is 4.32 Å². The van der Waals surface area contributed by atoms with Crippen LogP contribution >= 0.6 is 24.0 Å². The van der Waals surface area contributed by atoms with Crippen LogP contribution in [0, 0.1) is 0 Å². The Hall–Kier alpha value is -2.11. The highest BCUT2D eigenvalue weighted by Gasteiger charge is 2.29. The van der Waals surface area contributed by atoms with E-state index in [9.17, 15) is 4.79 Å². The molecule has 0 unspecified atom stereocenters. The van der Waals surface area contributed by atoms with Crippen LogP contribution in [0.3, 0.4) is 0 Å². The van der Waals surface area contributed by atoms with Crippen molar-refractivity contribution in [2.75, 3.05) is 18.0 Å². The molecule has 0 N–H and O–H groups in total. The summed E-state index contributed by atoms with van der Waals surface area (Å²) in [6.45, 7) is 5.59. The van der Waals surface area contributed by atoms with Gasteiger partial charge in [0, 0.05) is 24.5 Å². The van der Waals surface area contributed by atoms with Crippen molar-refractivity contribution in [3.63, 3.8) is 0 Å².